The van der Waals surface area contributed by atoms with E-state index in [1.807, 2.05) is 0 Å². The minimum atomic E-state index is 1.11. The highest BCUT2D eigenvalue weighted by molar-refractivity contribution is 4.83. The van der Waals surface area contributed by atoms with Gasteiger partial charge in [-0.3, -0.25) is 0 Å². The first-order chi connectivity index (χ1) is 10.7. The molecule has 0 aliphatic heterocycles. The topological polar surface area (TPSA) is 17.6 Å². The zero-order chi connectivity index (χ0) is 15.9. The lowest BCUT2D eigenvalue weighted by Gasteiger charge is -2.03. The van der Waals surface area contributed by atoms with Gasteiger partial charge in [-0.05, 0) is 25.7 Å². The van der Waals surface area contributed by atoms with Gasteiger partial charge in [0.15, 0.2) is 0 Å². The van der Waals surface area contributed by atoms with Crippen LogP contribution in [0.25, 0.3) is 0 Å². The third-order valence-corrected chi connectivity index (χ3v) is 4.60. The number of rotatable bonds is 9. The molecule has 0 bridgehead atoms. The summed E-state index contributed by atoms with van der Waals surface area (Å²) in [6.07, 6.45) is 16.2. The van der Waals surface area contributed by atoms with Crippen molar-refractivity contribution in [2.75, 3.05) is 0 Å². The van der Waals surface area contributed by atoms with Crippen LogP contribution in [0.15, 0.2) is 24.8 Å². The molecule has 0 spiro atoms. The Bertz CT molecular complexity index is 528. The van der Waals surface area contributed by atoms with Crippen molar-refractivity contribution in [3.8, 4) is 0 Å². The van der Waals surface area contributed by atoms with Crippen LogP contribution < -0.4 is 9.13 Å². The highest BCUT2D eigenvalue weighted by Crippen LogP contribution is 2.07. The molecular weight excluding hydrogens is 272 g/mol. The fourth-order valence-corrected chi connectivity index (χ4v) is 3.34. The van der Waals surface area contributed by atoms with Gasteiger partial charge in [-0.15, -0.1) is 0 Å². The van der Waals surface area contributed by atoms with E-state index in [0.717, 1.165) is 25.9 Å². The first kappa shape index (κ1) is 16.8. The number of aromatic nitrogens is 4. The Morgan fingerprint density at radius 1 is 0.727 bits per heavy atom. The van der Waals surface area contributed by atoms with Gasteiger partial charge in [0.2, 0.25) is 0 Å². The maximum atomic E-state index is 2.40. The van der Waals surface area contributed by atoms with Crippen LogP contribution in [-0.2, 0) is 40.0 Å². The summed E-state index contributed by atoms with van der Waals surface area (Å²) in [5, 5.41) is 0. The van der Waals surface area contributed by atoms with E-state index in [-0.39, 0.29) is 0 Å². The summed E-state index contributed by atoms with van der Waals surface area (Å²) in [7, 11) is 4.27. The summed E-state index contributed by atoms with van der Waals surface area (Å²) in [5.74, 6) is 2.85. The van der Waals surface area contributed by atoms with Crippen molar-refractivity contribution in [3.05, 3.63) is 36.4 Å². The highest BCUT2D eigenvalue weighted by Gasteiger charge is 2.12. The van der Waals surface area contributed by atoms with Crippen molar-refractivity contribution in [1.29, 1.82) is 0 Å². The van der Waals surface area contributed by atoms with Crippen LogP contribution in [0.5, 0.6) is 0 Å². The molecule has 0 atom stereocenters. The van der Waals surface area contributed by atoms with E-state index in [4.69, 9.17) is 0 Å². The van der Waals surface area contributed by atoms with Crippen molar-refractivity contribution < 1.29 is 9.13 Å². The predicted molar refractivity (Wildman–Crippen MR) is 88.4 cm³/mol. The van der Waals surface area contributed by atoms with E-state index in [9.17, 15) is 0 Å². The van der Waals surface area contributed by atoms with Gasteiger partial charge in [0, 0.05) is 12.8 Å². The lowest BCUT2D eigenvalue weighted by Crippen LogP contribution is -2.31. The van der Waals surface area contributed by atoms with E-state index >= 15 is 0 Å². The number of hydrogen-bond donors (Lipinski definition) is 0. The van der Waals surface area contributed by atoms with Gasteiger partial charge in [0.1, 0.15) is 24.8 Å². The number of hydrogen-bond acceptors (Lipinski definition) is 0. The number of nitrogens with zero attached hydrogens (tertiary/aromatic N) is 4. The lowest BCUT2D eigenvalue weighted by atomic mass is 10.2. The third-order valence-electron chi connectivity index (χ3n) is 4.60. The molecule has 0 radical (unpaired) electrons. The summed E-state index contributed by atoms with van der Waals surface area (Å²) in [6, 6.07) is 0. The third kappa shape index (κ3) is 3.99. The zero-order valence-corrected chi connectivity index (χ0v) is 14.8. The van der Waals surface area contributed by atoms with Crippen LogP contribution in [0.1, 0.15) is 51.2 Å². The predicted octanol–water partition coefficient (Wildman–Crippen LogP) is 2.32. The molecule has 0 saturated carbocycles. The number of imidazole rings is 2. The van der Waals surface area contributed by atoms with E-state index in [1.54, 1.807) is 0 Å². The summed E-state index contributed by atoms with van der Waals surface area (Å²) >= 11 is 0. The molecule has 22 heavy (non-hydrogen) atoms. The Morgan fingerprint density at radius 2 is 1.14 bits per heavy atom. The minimum Gasteiger partial charge on any atom is -0.237 e. The van der Waals surface area contributed by atoms with Crippen LogP contribution in [-0.4, -0.2) is 9.13 Å². The Kier molecular flexibility index (Phi) is 6.22. The Morgan fingerprint density at radius 3 is 1.50 bits per heavy atom. The molecule has 0 aliphatic rings. The quantitative estimate of drug-likeness (QED) is 0.500. The maximum absolute atomic E-state index is 2.40. The van der Waals surface area contributed by atoms with Crippen LogP contribution in [0.4, 0.5) is 0 Å². The number of unbranched alkanes of at least 4 members (excludes halogenated alkanes) is 3. The molecule has 4 heteroatoms. The van der Waals surface area contributed by atoms with Gasteiger partial charge in [-0.1, -0.05) is 13.8 Å². The second-order valence-corrected chi connectivity index (χ2v) is 6.16. The van der Waals surface area contributed by atoms with Crippen LogP contribution in [0.2, 0.25) is 0 Å². The van der Waals surface area contributed by atoms with Gasteiger partial charge >= 0.3 is 0 Å². The van der Waals surface area contributed by atoms with Crippen LogP contribution in [0.3, 0.4) is 0 Å². The molecule has 4 nitrogen and oxygen atoms in total. The molecule has 0 fully saturated rings. The van der Waals surface area contributed by atoms with Gasteiger partial charge in [-0.25, -0.2) is 18.3 Å². The maximum Gasteiger partial charge on any atom is 0.255 e. The number of aryl methyl sites for hydroxylation is 4. The van der Waals surface area contributed by atoms with E-state index in [0.29, 0.717) is 0 Å². The average molecular weight is 304 g/mol. The molecule has 2 aromatic rings. The second kappa shape index (κ2) is 8.16. The van der Waals surface area contributed by atoms with Crippen molar-refractivity contribution in [2.45, 2.75) is 65.5 Å². The van der Waals surface area contributed by atoms with E-state index in [1.165, 1.54) is 37.3 Å². The molecule has 0 aliphatic carbocycles. The SMILES string of the molecule is CCc1n(CCCCCCn2cc[n+](C)c2CC)cc[n+]1C. The Labute approximate surface area is 135 Å². The molecule has 2 aromatic heterocycles. The first-order valence-corrected chi connectivity index (χ1v) is 8.74. The Balaban J connectivity index is 1.67. The monoisotopic (exact) mass is 304 g/mol. The molecule has 0 aromatic carbocycles. The fourth-order valence-electron chi connectivity index (χ4n) is 3.34. The molecular formula is C18H32N4+2. The van der Waals surface area contributed by atoms with Gasteiger partial charge in [0.05, 0.1) is 27.2 Å². The van der Waals surface area contributed by atoms with Crippen LogP contribution in [0, 0.1) is 0 Å². The molecule has 0 unspecified atom stereocenters. The van der Waals surface area contributed by atoms with Crippen molar-refractivity contribution in [2.24, 2.45) is 14.1 Å². The largest absolute Gasteiger partial charge is 0.255 e. The molecule has 2 rings (SSSR count). The normalized spacial score (nSPS) is 11.3. The average Bonchev–Trinajstić information content (AvgIpc) is 3.05. The molecule has 122 valence electrons. The van der Waals surface area contributed by atoms with Gasteiger partial charge in [0.25, 0.3) is 11.6 Å². The summed E-state index contributed by atoms with van der Waals surface area (Å²) in [6.45, 7) is 6.77. The summed E-state index contributed by atoms with van der Waals surface area (Å²) < 4.78 is 9.28. The minimum absolute atomic E-state index is 1.11. The smallest absolute Gasteiger partial charge is 0.237 e. The molecule has 0 amide bonds. The zero-order valence-electron chi connectivity index (χ0n) is 14.8. The fraction of sp³-hybridized carbons (Fsp3) is 0.667. The van der Waals surface area contributed by atoms with E-state index < -0.39 is 0 Å². The van der Waals surface area contributed by atoms with Crippen molar-refractivity contribution in [1.82, 2.24) is 9.13 Å². The molecule has 0 saturated heterocycles. The van der Waals surface area contributed by atoms with Crippen molar-refractivity contribution >= 4 is 0 Å². The summed E-state index contributed by atoms with van der Waals surface area (Å²) in [5.41, 5.74) is 0. The summed E-state index contributed by atoms with van der Waals surface area (Å²) in [4.78, 5) is 0. The molecule has 0 N–H and O–H groups in total. The van der Waals surface area contributed by atoms with E-state index in [2.05, 4.69) is 71.0 Å². The molecule has 2 heterocycles. The standard InChI is InChI=1S/C18H32N4/c1-5-17-19(3)13-15-21(17)11-9-7-8-10-12-22-16-14-20(4)18(22)6-2/h13-16H,5-12H2,1-4H3/q+2. The van der Waals surface area contributed by atoms with Gasteiger partial charge < -0.3 is 0 Å². The lowest BCUT2D eigenvalue weighted by molar-refractivity contribution is -0.678. The highest BCUT2D eigenvalue weighted by atomic mass is 15.1. The van der Waals surface area contributed by atoms with Gasteiger partial charge in [-0.2, -0.15) is 0 Å². The Hall–Kier alpha value is -1.58. The van der Waals surface area contributed by atoms with Crippen molar-refractivity contribution in [3.63, 3.8) is 0 Å². The first-order valence-electron chi connectivity index (χ1n) is 8.74. The second-order valence-electron chi connectivity index (χ2n) is 6.16. The van der Waals surface area contributed by atoms with Crippen LogP contribution >= 0.6 is 0 Å².